The summed E-state index contributed by atoms with van der Waals surface area (Å²) in [6.07, 6.45) is 3.18. The molecule has 1 atom stereocenters. The topological polar surface area (TPSA) is 23.6 Å². The normalized spacial score (nSPS) is 21.1. The van der Waals surface area contributed by atoms with Gasteiger partial charge in [-0.2, -0.15) is 0 Å². The van der Waals surface area contributed by atoms with Crippen LogP contribution in [0.2, 0.25) is 0 Å². The Bertz CT molecular complexity index is 842. The third kappa shape index (κ3) is 5.62. The highest BCUT2D eigenvalue weighted by Crippen LogP contribution is 2.30. The molecule has 2 fully saturated rings. The SMILES string of the molecule is O=C1SC(CN2CCC(Cc3cc(F)ccc3Br)CC2)CN1Cc1ccccc1. The molecule has 0 radical (unpaired) electrons. The molecule has 3 nitrogen and oxygen atoms in total. The summed E-state index contributed by atoms with van der Waals surface area (Å²) < 4.78 is 14.5. The predicted octanol–water partition coefficient (Wildman–Crippen LogP) is 5.58. The van der Waals surface area contributed by atoms with Gasteiger partial charge in [-0.3, -0.25) is 4.79 Å². The fourth-order valence-electron chi connectivity index (χ4n) is 4.27. The van der Waals surface area contributed by atoms with Crippen LogP contribution in [0.15, 0.2) is 53.0 Å². The van der Waals surface area contributed by atoms with Crippen LogP contribution in [0.1, 0.15) is 24.0 Å². The van der Waals surface area contributed by atoms with Crippen LogP contribution in [-0.2, 0) is 13.0 Å². The number of rotatable bonds is 6. The molecule has 2 aromatic carbocycles. The quantitative estimate of drug-likeness (QED) is 0.543. The molecule has 1 amide bonds. The van der Waals surface area contributed by atoms with Gasteiger partial charge in [0.15, 0.2) is 0 Å². The van der Waals surface area contributed by atoms with E-state index >= 15 is 0 Å². The highest BCUT2D eigenvalue weighted by Gasteiger charge is 2.32. The summed E-state index contributed by atoms with van der Waals surface area (Å²) in [5.74, 6) is 0.431. The summed E-state index contributed by atoms with van der Waals surface area (Å²) in [7, 11) is 0. The van der Waals surface area contributed by atoms with Crippen molar-refractivity contribution in [1.82, 2.24) is 9.80 Å². The van der Waals surface area contributed by atoms with Crippen LogP contribution in [0.5, 0.6) is 0 Å². The minimum absolute atomic E-state index is 0.163. The van der Waals surface area contributed by atoms with Crippen LogP contribution in [0.25, 0.3) is 0 Å². The molecule has 2 aromatic rings. The molecule has 2 aliphatic heterocycles. The van der Waals surface area contributed by atoms with Crippen LogP contribution in [0.3, 0.4) is 0 Å². The highest BCUT2D eigenvalue weighted by molar-refractivity contribution is 9.10. The number of nitrogens with zero attached hydrogens (tertiary/aromatic N) is 2. The van der Waals surface area contributed by atoms with E-state index < -0.39 is 0 Å². The van der Waals surface area contributed by atoms with Crippen LogP contribution < -0.4 is 0 Å². The van der Waals surface area contributed by atoms with E-state index in [2.05, 4.69) is 33.0 Å². The number of likely N-dealkylation sites (tertiary alicyclic amines) is 1. The number of hydrogen-bond acceptors (Lipinski definition) is 3. The molecule has 2 saturated heterocycles. The number of carbonyl (C=O) groups excluding carboxylic acids is 1. The van der Waals surface area contributed by atoms with Crippen molar-refractivity contribution >= 4 is 32.9 Å². The monoisotopic (exact) mass is 476 g/mol. The molecule has 0 spiro atoms. The minimum atomic E-state index is -0.163. The Balaban J connectivity index is 1.24. The molecule has 6 heteroatoms. The van der Waals surface area contributed by atoms with Crippen molar-refractivity contribution in [2.24, 2.45) is 5.92 Å². The third-order valence-electron chi connectivity index (χ3n) is 5.85. The molecule has 2 aliphatic rings. The first-order valence-corrected chi connectivity index (χ1v) is 11.9. The zero-order chi connectivity index (χ0) is 20.2. The number of carbonyl (C=O) groups is 1. The second-order valence-electron chi connectivity index (χ2n) is 8.06. The van der Waals surface area contributed by atoms with Gasteiger partial charge in [-0.25, -0.2) is 4.39 Å². The van der Waals surface area contributed by atoms with Gasteiger partial charge >= 0.3 is 0 Å². The van der Waals surface area contributed by atoms with E-state index in [1.165, 1.54) is 23.4 Å². The van der Waals surface area contributed by atoms with E-state index in [0.717, 1.165) is 55.5 Å². The van der Waals surface area contributed by atoms with Gasteiger partial charge in [0, 0.05) is 29.4 Å². The third-order valence-corrected chi connectivity index (χ3v) is 7.72. The number of thioether (sulfide) groups is 1. The molecular weight excluding hydrogens is 451 g/mol. The standard InChI is InChI=1S/C23H26BrFN2OS/c24-22-7-6-20(25)13-19(22)12-17-8-10-26(11-9-17)15-21-16-27(23(28)29-21)14-18-4-2-1-3-5-18/h1-7,13,17,21H,8-12,14-16H2. The number of halogens is 2. The van der Waals surface area contributed by atoms with Crippen LogP contribution in [-0.4, -0.2) is 46.5 Å². The summed E-state index contributed by atoms with van der Waals surface area (Å²) in [6, 6.07) is 15.1. The van der Waals surface area contributed by atoms with E-state index in [-0.39, 0.29) is 11.1 Å². The first-order chi connectivity index (χ1) is 14.1. The Morgan fingerprint density at radius 2 is 1.86 bits per heavy atom. The molecule has 1 unspecified atom stereocenters. The van der Waals surface area contributed by atoms with Gasteiger partial charge in [0.25, 0.3) is 5.24 Å². The largest absolute Gasteiger partial charge is 0.328 e. The lowest BCUT2D eigenvalue weighted by Gasteiger charge is -2.33. The summed E-state index contributed by atoms with van der Waals surface area (Å²) in [5.41, 5.74) is 2.25. The number of piperidine rings is 1. The van der Waals surface area contributed by atoms with E-state index in [0.29, 0.717) is 17.7 Å². The summed E-state index contributed by atoms with van der Waals surface area (Å²) in [6.45, 7) is 4.61. The molecular formula is C23H26BrFN2OS. The molecule has 0 bridgehead atoms. The second-order valence-corrected chi connectivity index (χ2v) is 10.2. The Morgan fingerprint density at radius 1 is 1.10 bits per heavy atom. The van der Waals surface area contributed by atoms with Crippen molar-refractivity contribution in [3.05, 3.63) is 69.9 Å². The van der Waals surface area contributed by atoms with Crippen molar-refractivity contribution in [3.63, 3.8) is 0 Å². The van der Waals surface area contributed by atoms with Crippen molar-refractivity contribution < 1.29 is 9.18 Å². The molecule has 4 rings (SSSR count). The van der Waals surface area contributed by atoms with Gasteiger partial charge in [-0.1, -0.05) is 58.0 Å². The van der Waals surface area contributed by atoms with Gasteiger partial charge in [0.05, 0.1) is 0 Å². The van der Waals surface area contributed by atoms with E-state index in [9.17, 15) is 9.18 Å². The van der Waals surface area contributed by atoms with Gasteiger partial charge in [-0.15, -0.1) is 0 Å². The highest BCUT2D eigenvalue weighted by atomic mass is 79.9. The summed E-state index contributed by atoms with van der Waals surface area (Å²) in [4.78, 5) is 16.8. The maximum atomic E-state index is 13.5. The van der Waals surface area contributed by atoms with Crippen molar-refractivity contribution in [3.8, 4) is 0 Å². The Kier molecular flexibility index (Phi) is 6.93. The first-order valence-electron chi connectivity index (χ1n) is 10.2. The van der Waals surface area contributed by atoms with Crippen LogP contribution >= 0.6 is 27.7 Å². The summed E-state index contributed by atoms with van der Waals surface area (Å²) >= 11 is 5.04. The smallest absolute Gasteiger partial charge is 0.282 e. The first kappa shape index (κ1) is 20.9. The Hall–Kier alpha value is -1.37. The number of hydrogen-bond donors (Lipinski definition) is 0. The van der Waals surface area contributed by atoms with Crippen molar-refractivity contribution in [2.45, 2.75) is 31.1 Å². The second kappa shape index (κ2) is 9.63. The Labute approximate surface area is 184 Å². The van der Waals surface area contributed by atoms with Crippen LogP contribution in [0, 0.1) is 11.7 Å². The minimum Gasteiger partial charge on any atom is -0.328 e. The lowest BCUT2D eigenvalue weighted by atomic mass is 9.90. The van der Waals surface area contributed by atoms with Gasteiger partial charge in [0.2, 0.25) is 0 Å². The number of amides is 1. The fourth-order valence-corrected chi connectivity index (χ4v) is 5.80. The van der Waals surface area contributed by atoms with Gasteiger partial charge in [-0.05, 0) is 67.6 Å². The predicted molar refractivity (Wildman–Crippen MR) is 121 cm³/mol. The maximum absolute atomic E-state index is 13.5. The average molecular weight is 477 g/mol. The average Bonchev–Trinajstić information content (AvgIpc) is 3.06. The van der Waals surface area contributed by atoms with Crippen molar-refractivity contribution in [2.75, 3.05) is 26.2 Å². The van der Waals surface area contributed by atoms with E-state index in [1.54, 1.807) is 12.1 Å². The van der Waals surface area contributed by atoms with Crippen molar-refractivity contribution in [1.29, 1.82) is 0 Å². The van der Waals surface area contributed by atoms with E-state index in [4.69, 9.17) is 0 Å². The summed E-state index contributed by atoms with van der Waals surface area (Å²) in [5, 5.41) is 0.546. The lowest BCUT2D eigenvalue weighted by molar-refractivity contribution is 0.179. The lowest BCUT2D eigenvalue weighted by Crippen LogP contribution is -2.39. The van der Waals surface area contributed by atoms with E-state index in [1.807, 2.05) is 23.1 Å². The molecule has 154 valence electrons. The fraction of sp³-hybridized carbons (Fsp3) is 0.435. The zero-order valence-corrected chi connectivity index (χ0v) is 18.8. The molecule has 0 N–H and O–H groups in total. The molecule has 0 saturated carbocycles. The zero-order valence-electron chi connectivity index (χ0n) is 16.4. The molecule has 0 aliphatic carbocycles. The molecule has 29 heavy (non-hydrogen) atoms. The number of benzene rings is 2. The molecule has 2 heterocycles. The molecule has 0 aromatic heterocycles. The maximum Gasteiger partial charge on any atom is 0.282 e. The van der Waals surface area contributed by atoms with Crippen LogP contribution in [0.4, 0.5) is 9.18 Å². The van der Waals surface area contributed by atoms with Gasteiger partial charge < -0.3 is 9.80 Å². The van der Waals surface area contributed by atoms with Gasteiger partial charge in [0.1, 0.15) is 5.82 Å². The Morgan fingerprint density at radius 3 is 2.62 bits per heavy atom.